The highest BCUT2D eigenvalue weighted by molar-refractivity contribution is 5.14. The van der Waals surface area contributed by atoms with Crippen LogP contribution in [0, 0.1) is 57.7 Å². The fraction of sp³-hybridized carbons (Fsp3) is 0.933. The van der Waals surface area contributed by atoms with Crippen molar-refractivity contribution in [2.45, 2.75) is 119 Å². The van der Waals surface area contributed by atoms with E-state index in [1.807, 2.05) is 0 Å². The molecule has 0 aromatic heterocycles. The summed E-state index contributed by atoms with van der Waals surface area (Å²) in [6.45, 7) is 22.5. The van der Waals surface area contributed by atoms with Crippen LogP contribution in [0.3, 0.4) is 0 Å². The van der Waals surface area contributed by atoms with Gasteiger partial charge < -0.3 is 0 Å². The van der Waals surface area contributed by atoms with Crippen molar-refractivity contribution in [1.82, 2.24) is 0 Å². The third kappa shape index (κ3) is 3.37. The average molecular weight is 413 g/mol. The third-order valence-electron chi connectivity index (χ3n) is 12.1. The largest absolute Gasteiger partial charge is 0.0999 e. The van der Waals surface area contributed by atoms with Crippen molar-refractivity contribution in [3.63, 3.8) is 0 Å². The first-order chi connectivity index (χ1) is 14.1. The van der Waals surface area contributed by atoms with Crippen molar-refractivity contribution in [2.75, 3.05) is 0 Å². The first kappa shape index (κ1) is 22.9. The standard InChI is InChI=1S/C30H52/c1-9-20(2)10-11-22(4)24-12-13-25-27-23(5)19-28(6)18-21(3)14-17-30(28,8)26(27)15-16-29(24,25)7/h21-27H,2,9-19H2,1,3-8H3. The zero-order valence-corrected chi connectivity index (χ0v) is 21.5. The van der Waals surface area contributed by atoms with E-state index in [1.165, 1.54) is 69.8 Å². The Morgan fingerprint density at radius 1 is 0.967 bits per heavy atom. The van der Waals surface area contributed by atoms with E-state index in [1.54, 1.807) is 0 Å². The van der Waals surface area contributed by atoms with Gasteiger partial charge in [0.15, 0.2) is 0 Å². The van der Waals surface area contributed by atoms with E-state index < -0.39 is 0 Å². The molecule has 172 valence electrons. The lowest BCUT2D eigenvalue weighted by Gasteiger charge is -2.67. The van der Waals surface area contributed by atoms with Crippen molar-refractivity contribution >= 4 is 0 Å². The van der Waals surface area contributed by atoms with E-state index in [0.29, 0.717) is 16.2 Å². The molecule has 0 bridgehead atoms. The quantitative estimate of drug-likeness (QED) is 0.394. The summed E-state index contributed by atoms with van der Waals surface area (Å²) in [5, 5.41) is 0. The van der Waals surface area contributed by atoms with Gasteiger partial charge in [-0.05, 0) is 122 Å². The number of rotatable bonds is 5. The molecule has 4 saturated carbocycles. The maximum Gasteiger partial charge on any atom is -0.0240 e. The second-order valence-electron chi connectivity index (χ2n) is 13.6. The summed E-state index contributed by atoms with van der Waals surface area (Å²) in [4.78, 5) is 0. The molecule has 0 nitrogen and oxygen atoms in total. The molecule has 0 spiro atoms. The van der Waals surface area contributed by atoms with Gasteiger partial charge in [-0.3, -0.25) is 0 Å². The van der Waals surface area contributed by atoms with Crippen LogP contribution >= 0.6 is 0 Å². The number of fused-ring (bicyclic) bond motifs is 5. The lowest BCUT2D eigenvalue weighted by atomic mass is 9.38. The normalized spacial score (nSPS) is 51.6. The summed E-state index contributed by atoms with van der Waals surface area (Å²) in [7, 11) is 0. The van der Waals surface area contributed by atoms with Crippen LogP contribution in [0.2, 0.25) is 0 Å². The van der Waals surface area contributed by atoms with Crippen LogP contribution in [0.1, 0.15) is 119 Å². The lowest BCUT2D eigenvalue weighted by Crippen LogP contribution is -2.60. The molecule has 10 unspecified atom stereocenters. The van der Waals surface area contributed by atoms with Crippen LogP contribution in [0.25, 0.3) is 0 Å². The molecular weight excluding hydrogens is 360 g/mol. The topological polar surface area (TPSA) is 0 Å². The monoisotopic (exact) mass is 412 g/mol. The number of allylic oxidation sites excluding steroid dienone is 1. The maximum absolute atomic E-state index is 4.29. The average Bonchev–Trinajstić information content (AvgIpc) is 3.04. The summed E-state index contributed by atoms with van der Waals surface area (Å²) < 4.78 is 0. The molecule has 4 aliphatic rings. The first-order valence-electron chi connectivity index (χ1n) is 13.7. The van der Waals surface area contributed by atoms with Crippen LogP contribution < -0.4 is 0 Å². The molecule has 4 rings (SSSR count). The summed E-state index contributed by atoms with van der Waals surface area (Å²) >= 11 is 0. The van der Waals surface area contributed by atoms with Crippen LogP contribution in [-0.2, 0) is 0 Å². The molecule has 0 heterocycles. The van der Waals surface area contributed by atoms with Gasteiger partial charge in [-0.25, -0.2) is 0 Å². The molecule has 0 N–H and O–H groups in total. The highest BCUT2D eigenvalue weighted by atomic mass is 14.7. The minimum atomic E-state index is 0.588. The SMILES string of the molecule is C=C(CC)CCC(C)C1CCC2C3C(C)CC4(C)CC(C)CCC4(C)C3CCC12C. The van der Waals surface area contributed by atoms with Gasteiger partial charge in [0.2, 0.25) is 0 Å². The van der Waals surface area contributed by atoms with Gasteiger partial charge in [-0.2, -0.15) is 0 Å². The minimum absolute atomic E-state index is 0.588. The molecule has 4 fully saturated rings. The molecule has 0 aliphatic heterocycles. The van der Waals surface area contributed by atoms with Crippen molar-refractivity contribution in [1.29, 1.82) is 0 Å². The first-order valence-corrected chi connectivity index (χ1v) is 13.7. The van der Waals surface area contributed by atoms with E-state index >= 15 is 0 Å². The Balaban J connectivity index is 1.56. The highest BCUT2D eigenvalue weighted by Gasteiger charge is 2.64. The van der Waals surface area contributed by atoms with E-state index in [0.717, 1.165) is 47.8 Å². The third-order valence-corrected chi connectivity index (χ3v) is 12.1. The van der Waals surface area contributed by atoms with Crippen LogP contribution in [0.4, 0.5) is 0 Å². The van der Waals surface area contributed by atoms with Crippen molar-refractivity contribution in [3.05, 3.63) is 12.2 Å². The molecule has 0 aromatic rings. The summed E-state index contributed by atoms with van der Waals surface area (Å²) in [5.74, 6) is 6.67. The molecule has 0 saturated heterocycles. The van der Waals surface area contributed by atoms with Crippen LogP contribution in [0.15, 0.2) is 12.2 Å². The van der Waals surface area contributed by atoms with Crippen LogP contribution in [0.5, 0.6) is 0 Å². The predicted molar refractivity (Wildman–Crippen MR) is 131 cm³/mol. The zero-order chi connectivity index (χ0) is 21.9. The fourth-order valence-corrected chi connectivity index (χ4v) is 10.3. The molecule has 10 atom stereocenters. The second kappa shape index (κ2) is 7.95. The lowest BCUT2D eigenvalue weighted by molar-refractivity contribution is -0.182. The highest BCUT2D eigenvalue weighted by Crippen LogP contribution is 2.72. The molecule has 30 heavy (non-hydrogen) atoms. The second-order valence-corrected chi connectivity index (χ2v) is 13.6. The predicted octanol–water partition coefficient (Wildman–Crippen LogP) is 9.30. The van der Waals surface area contributed by atoms with Crippen LogP contribution in [-0.4, -0.2) is 0 Å². The molecular formula is C30H52. The van der Waals surface area contributed by atoms with E-state index in [9.17, 15) is 0 Å². The van der Waals surface area contributed by atoms with E-state index in [4.69, 9.17) is 0 Å². The van der Waals surface area contributed by atoms with Crippen molar-refractivity contribution in [2.24, 2.45) is 57.7 Å². The van der Waals surface area contributed by atoms with E-state index in [2.05, 4.69) is 55.0 Å². The Hall–Kier alpha value is -0.260. The Kier molecular flexibility index (Phi) is 6.07. The molecule has 0 heteroatoms. The van der Waals surface area contributed by atoms with Gasteiger partial charge in [-0.15, -0.1) is 0 Å². The smallest absolute Gasteiger partial charge is 0.0240 e. The Morgan fingerprint density at radius 3 is 2.40 bits per heavy atom. The Morgan fingerprint density at radius 2 is 1.70 bits per heavy atom. The molecule has 4 aliphatic carbocycles. The van der Waals surface area contributed by atoms with Gasteiger partial charge in [0.05, 0.1) is 0 Å². The molecule has 0 radical (unpaired) electrons. The minimum Gasteiger partial charge on any atom is -0.0999 e. The summed E-state index contributed by atoms with van der Waals surface area (Å²) in [5.41, 5.74) is 3.25. The van der Waals surface area contributed by atoms with Crippen molar-refractivity contribution < 1.29 is 0 Å². The van der Waals surface area contributed by atoms with Crippen molar-refractivity contribution in [3.8, 4) is 0 Å². The van der Waals surface area contributed by atoms with Gasteiger partial charge >= 0.3 is 0 Å². The summed E-state index contributed by atoms with van der Waals surface area (Å²) in [6.07, 6.45) is 15.8. The van der Waals surface area contributed by atoms with Gasteiger partial charge in [0.1, 0.15) is 0 Å². The number of hydrogen-bond donors (Lipinski definition) is 0. The Bertz CT molecular complexity index is 646. The van der Waals surface area contributed by atoms with Gasteiger partial charge in [0, 0.05) is 0 Å². The van der Waals surface area contributed by atoms with Gasteiger partial charge in [-0.1, -0.05) is 67.0 Å². The maximum atomic E-state index is 4.29. The summed E-state index contributed by atoms with van der Waals surface area (Å²) in [6, 6.07) is 0. The van der Waals surface area contributed by atoms with Gasteiger partial charge in [0.25, 0.3) is 0 Å². The van der Waals surface area contributed by atoms with E-state index in [-0.39, 0.29) is 0 Å². The zero-order valence-electron chi connectivity index (χ0n) is 21.5. The molecule has 0 aromatic carbocycles. The molecule has 0 amide bonds. The fourth-order valence-electron chi connectivity index (χ4n) is 10.3. The Labute approximate surface area is 189 Å². The number of hydrogen-bond acceptors (Lipinski definition) is 0.